The number of hydrogen-bond donors (Lipinski definition) is 2. The molecule has 0 unspecified atom stereocenters. The number of benzene rings is 2. The van der Waals surface area contributed by atoms with Crippen molar-refractivity contribution in [1.29, 1.82) is 0 Å². The number of aryl methyl sites for hydroxylation is 1. The number of pyridine rings is 1. The Kier molecular flexibility index (Phi) is 5.78. The van der Waals surface area contributed by atoms with E-state index in [4.69, 9.17) is 0 Å². The van der Waals surface area contributed by atoms with E-state index in [1.54, 1.807) is 6.07 Å². The molecule has 5 heteroatoms. The van der Waals surface area contributed by atoms with E-state index in [1.807, 2.05) is 55.5 Å². The lowest BCUT2D eigenvalue weighted by Crippen LogP contribution is -2.17. The van der Waals surface area contributed by atoms with Crippen LogP contribution in [-0.4, -0.2) is 16.8 Å². The maximum atomic E-state index is 12.6. The second-order valence-electron chi connectivity index (χ2n) is 7.98. The molecule has 2 amide bonds. The quantitative estimate of drug-likeness (QED) is 0.647. The number of para-hydroxylation sites is 1. The standard InChI is InChI=1S/C24H25N3O2/c1-16-7-5-6-8-20(16)27-22(28)17-13-14-25-21(15-17)23(29)26-19-11-9-18(10-12-19)24(2,3)4/h5-15H,1-4H3,(H,26,29)(H,27,28). The van der Waals surface area contributed by atoms with Crippen molar-refractivity contribution in [2.75, 3.05) is 10.6 Å². The van der Waals surface area contributed by atoms with Crippen molar-refractivity contribution < 1.29 is 9.59 Å². The summed E-state index contributed by atoms with van der Waals surface area (Å²) in [5.74, 6) is -0.649. The Balaban J connectivity index is 1.72. The molecule has 2 N–H and O–H groups in total. The number of carbonyl (C=O) groups excluding carboxylic acids is 2. The van der Waals surface area contributed by atoms with Gasteiger partial charge in [-0.25, -0.2) is 0 Å². The fraction of sp³-hybridized carbons (Fsp3) is 0.208. The molecule has 0 aliphatic carbocycles. The van der Waals surface area contributed by atoms with E-state index < -0.39 is 0 Å². The van der Waals surface area contributed by atoms with Gasteiger partial charge in [-0.05, 0) is 53.8 Å². The number of nitrogens with one attached hydrogen (secondary N) is 2. The summed E-state index contributed by atoms with van der Waals surface area (Å²) in [6, 6.07) is 18.3. The number of rotatable bonds is 4. The van der Waals surface area contributed by atoms with Crippen molar-refractivity contribution in [3.05, 3.63) is 89.2 Å². The zero-order chi connectivity index (χ0) is 21.0. The fourth-order valence-electron chi connectivity index (χ4n) is 2.85. The SMILES string of the molecule is Cc1ccccc1NC(=O)c1ccnc(C(=O)Nc2ccc(C(C)(C)C)cc2)c1. The molecule has 0 aliphatic heterocycles. The van der Waals surface area contributed by atoms with E-state index >= 15 is 0 Å². The number of hydrogen-bond acceptors (Lipinski definition) is 3. The number of aromatic nitrogens is 1. The third-order valence-corrected chi connectivity index (χ3v) is 4.66. The fourth-order valence-corrected chi connectivity index (χ4v) is 2.85. The molecular weight excluding hydrogens is 362 g/mol. The van der Waals surface area contributed by atoms with Crippen molar-refractivity contribution in [2.45, 2.75) is 33.1 Å². The van der Waals surface area contributed by atoms with Gasteiger partial charge in [0.1, 0.15) is 5.69 Å². The Morgan fingerprint density at radius 1 is 0.862 bits per heavy atom. The highest BCUT2D eigenvalue weighted by Crippen LogP contribution is 2.23. The Hall–Kier alpha value is -3.47. The van der Waals surface area contributed by atoms with Crippen LogP contribution in [0.15, 0.2) is 66.9 Å². The summed E-state index contributed by atoms with van der Waals surface area (Å²) < 4.78 is 0. The molecule has 3 aromatic rings. The Morgan fingerprint density at radius 3 is 2.21 bits per heavy atom. The van der Waals surface area contributed by atoms with Crippen molar-refractivity contribution in [3.8, 4) is 0 Å². The smallest absolute Gasteiger partial charge is 0.274 e. The molecule has 0 atom stereocenters. The molecule has 0 radical (unpaired) electrons. The molecule has 0 saturated heterocycles. The van der Waals surface area contributed by atoms with Crippen LogP contribution >= 0.6 is 0 Å². The van der Waals surface area contributed by atoms with Gasteiger partial charge in [-0.1, -0.05) is 51.1 Å². The molecule has 0 spiro atoms. The topological polar surface area (TPSA) is 71.1 Å². The lowest BCUT2D eigenvalue weighted by molar-refractivity contribution is 0.102. The molecule has 148 valence electrons. The highest BCUT2D eigenvalue weighted by Gasteiger charge is 2.15. The van der Waals surface area contributed by atoms with E-state index in [9.17, 15) is 9.59 Å². The van der Waals surface area contributed by atoms with Gasteiger partial charge in [0.25, 0.3) is 11.8 Å². The van der Waals surface area contributed by atoms with E-state index in [2.05, 4.69) is 36.4 Å². The van der Waals surface area contributed by atoms with Gasteiger partial charge in [0.05, 0.1) is 0 Å². The third-order valence-electron chi connectivity index (χ3n) is 4.66. The van der Waals surface area contributed by atoms with Crippen molar-refractivity contribution in [3.63, 3.8) is 0 Å². The number of nitrogens with zero attached hydrogens (tertiary/aromatic N) is 1. The minimum atomic E-state index is -0.362. The van der Waals surface area contributed by atoms with Gasteiger partial charge in [-0.2, -0.15) is 0 Å². The minimum absolute atomic E-state index is 0.0445. The van der Waals surface area contributed by atoms with Gasteiger partial charge in [0.15, 0.2) is 0 Å². The van der Waals surface area contributed by atoms with Gasteiger partial charge in [0, 0.05) is 23.1 Å². The average molecular weight is 387 g/mol. The summed E-state index contributed by atoms with van der Waals surface area (Å²) in [6.07, 6.45) is 1.46. The van der Waals surface area contributed by atoms with E-state index in [0.29, 0.717) is 11.3 Å². The molecule has 29 heavy (non-hydrogen) atoms. The second kappa shape index (κ2) is 8.27. The first-order valence-corrected chi connectivity index (χ1v) is 9.49. The van der Waals surface area contributed by atoms with Gasteiger partial charge in [-0.3, -0.25) is 14.6 Å². The van der Waals surface area contributed by atoms with Crippen LogP contribution in [0.3, 0.4) is 0 Å². The number of anilines is 2. The summed E-state index contributed by atoms with van der Waals surface area (Å²) in [7, 11) is 0. The second-order valence-corrected chi connectivity index (χ2v) is 7.98. The van der Waals surface area contributed by atoms with Crippen LogP contribution in [0, 0.1) is 6.92 Å². The summed E-state index contributed by atoms with van der Waals surface area (Å²) >= 11 is 0. The zero-order valence-electron chi connectivity index (χ0n) is 17.1. The summed E-state index contributed by atoms with van der Waals surface area (Å²) in [5.41, 5.74) is 4.16. The molecule has 5 nitrogen and oxygen atoms in total. The Labute approximate surface area is 171 Å². The van der Waals surface area contributed by atoms with Crippen LogP contribution in [0.5, 0.6) is 0 Å². The molecular formula is C24H25N3O2. The van der Waals surface area contributed by atoms with Gasteiger partial charge in [0.2, 0.25) is 0 Å². The molecule has 1 aromatic heterocycles. The first kappa shape index (κ1) is 20.3. The van der Waals surface area contributed by atoms with Crippen molar-refractivity contribution >= 4 is 23.2 Å². The number of carbonyl (C=O) groups is 2. The lowest BCUT2D eigenvalue weighted by atomic mass is 9.87. The monoisotopic (exact) mass is 387 g/mol. The van der Waals surface area contributed by atoms with Gasteiger partial charge < -0.3 is 10.6 Å². The molecule has 0 aliphatic rings. The maximum Gasteiger partial charge on any atom is 0.274 e. The predicted molar refractivity (Wildman–Crippen MR) is 116 cm³/mol. The number of amides is 2. The molecule has 0 bridgehead atoms. The highest BCUT2D eigenvalue weighted by atomic mass is 16.2. The van der Waals surface area contributed by atoms with Gasteiger partial charge in [-0.15, -0.1) is 0 Å². The Morgan fingerprint density at radius 2 is 1.55 bits per heavy atom. The molecule has 0 saturated carbocycles. The molecule has 0 fully saturated rings. The summed E-state index contributed by atoms with van der Waals surface area (Å²) in [6.45, 7) is 8.33. The summed E-state index contributed by atoms with van der Waals surface area (Å²) in [5, 5.41) is 5.69. The van der Waals surface area contributed by atoms with Crippen LogP contribution < -0.4 is 10.6 Å². The lowest BCUT2D eigenvalue weighted by Gasteiger charge is -2.19. The maximum absolute atomic E-state index is 12.6. The zero-order valence-corrected chi connectivity index (χ0v) is 17.1. The van der Waals surface area contributed by atoms with Gasteiger partial charge >= 0.3 is 0 Å². The van der Waals surface area contributed by atoms with E-state index in [1.165, 1.54) is 17.8 Å². The largest absolute Gasteiger partial charge is 0.322 e. The van der Waals surface area contributed by atoms with Crippen LogP contribution in [0.4, 0.5) is 11.4 Å². The Bertz CT molecular complexity index is 1030. The predicted octanol–water partition coefficient (Wildman–Crippen LogP) is 5.19. The van der Waals surface area contributed by atoms with E-state index in [-0.39, 0.29) is 22.9 Å². The van der Waals surface area contributed by atoms with Crippen LogP contribution in [-0.2, 0) is 5.41 Å². The molecule has 3 rings (SSSR count). The van der Waals surface area contributed by atoms with E-state index in [0.717, 1.165) is 11.3 Å². The normalized spacial score (nSPS) is 11.0. The third kappa shape index (κ3) is 5.08. The van der Waals surface area contributed by atoms with Crippen LogP contribution in [0.2, 0.25) is 0 Å². The van der Waals surface area contributed by atoms with Crippen LogP contribution in [0.25, 0.3) is 0 Å². The van der Waals surface area contributed by atoms with Crippen LogP contribution in [0.1, 0.15) is 52.7 Å². The minimum Gasteiger partial charge on any atom is -0.322 e. The summed E-state index contributed by atoms with van der Waals surface area (Å²) in [4.78, 5) is 29.2. The first-order chi connectivity index (χ1) is 13.7. The highest BCUT2D eigenvalue weighted by molar-refractivity contribution is 6.08. The van der Waals surface area contributed by atoms with Crippen molar-refractivity contribution in [2.24, 2.45) is 0 Å². The first-order valence-electron chi connectivity index (χ1n) is 9.49. The molecule has 1 heterocycles. The van der Waals surface area contributed by atoms with Crippen molar-refractivity contribution in [1.82, 2.24) is 4.98 Å². The molecule has 2 aromatic carbocycles. The average Bonchev–Trinajstić information content (AvgIpc) is 2.69.